The molecule has 0 aliphatic carbocycles. The van der Waals surface area contributed by atoms with Gasteiger partial charge in [0.25, 0.3) is 0 Å². The van der Waals surface area contributed by atoms with Crippen LogP contribution in [0.2, 0.25) is 0 Å². The van der Waals surface area contributed by atoms with E-state index < -0.39 is 0 Å². The Hall–Kier alpha value is -0.570. The average Bonchev–Trinajstić information content (AvgIpc) is 2.32. The number of aliphatic hydroxyl groups is 1. The van der Waals surface area contributed by atoms with Crippen molar-refractivity contribution < 1.29 is 9.90 Å². The van der Waals surface area contributed by atoms with E-state index in [2.05, 4.69) is 0 Å². The third-order valence-corrected chi connectivity index (χ3v) is 2.44. The summed E-state index contributed by atoms with van der Waals surface area (Å²) in [6.45, 7) is 2.87. The van der Waals surface area contributed by atoms with E-state index in [4.69, 9.17) is 5.11 Å². The Morgan fingerprint density at radius 3 is 2.82 bits per heavy atom. The molecule has 2 unspecified atom stereocenters. The van der Waals surface area contributed by atoms with E-state index in [1.165, 1.54) is 0 Å². The average molecular weight is 157 g/mol. The Labute approximate surface area is 67.0 Å². The zero-order chi connectivity index (χ0) is 8.43. The summed E-state index contributed by atoms with van der Waals surface area (Å²) >= 11 is 0. The third kappa shape index (κ3) is 1.53. The largest absolute Gasteiger partial charge is 0.396 e. The third-order valence-electron chi connectivity index (χ3n) is 2.44. The van der Waals surface area contributed by atoms with Gasteiger partial charge in [-0.2, -0.15) is 0 Å². The molecule has 1 heterocycles. The van der Waals surface area contributed by atoms with Gasteiger partial charge in [0.15, 0.2) is 0 Å². The lowest BCUT2D eigenvalue weighted by Crippen LogP contribution is -2.27. The summed E-state index contributed by atoms with van der Waals surface area (Å²) in [5.41, 5.74) is 0. The summed E-state index contributed by atoms with van der Waals surface area (Å²) in [6.07, 6.45) is 0.900. The summed E-state index contributed by atoms with van der Waals surface area (Å²) in [4.78, 5) is 13.1. The summed E-state index contributed by atoms with van der Waals surface area (Å²) in [6, 6.07) is 0. The molecular formula is C8H15NO2. The van der Waals surface area contributed by atoms with Crippen LogP contribution in [0.3, 0.4) is 0 Å². The van der Waals surface area contributed by atoms with Crippen LogP contribution in [0.15, 0.2) is 0 Å². The molecule has 1 aliphatic heterocycles. The lowest BCUT2D eigenvalue weighted by Gasteiger charge is -2.14. The van der Waals surface area contributed by atoms with Gasteiger partial charge in [0.2, 0.25) is 5.91 Å². The van der Waals surface area contributed by atoms with Gasteiger partial charge in [-0.1, -0.05) is 6.92 Å². The Bertz CT molecular complexity index is 158. The van der Waals surface area contributed by atoms with E-state index >= 15 is 0 Å². The van der Waals surface area contributed by atoms with Gasteiger partial charge in [-0.3, -0.25) is 4.79 Å². The minimum atomic E-state index is 0.0602. The number of rotatable bonds is 2. The molecule has 0 aromatic rings. The molecule has 64 valence electrons. The second-order valence-corrected chi connectivity index (χ2v) is 3.31. The number of nitrogens with zero attached hydrogens (tertiary/aromatic N) is 1. The van der Waals surface area contributed by atoms with E-state index in [-0.39, 0.29) is 24.3 Å². The summed E-state index contributed by atoms with van der Waals surface area (Å²) in [5, 5.41) is 8.83. The maximum Gasteiger partial charge on any atom is 0.225 e. The van der Waals surface area contributed by atoms with Crippen molar-refractivity contribution in [2.75, 3.05) is 20.2 Å². The molecular weight excluding hydrogens is 142 g/mol. The Morgan fingerprint density at radius 2 is 2.45 bits per heavy atom. The first-order chi connectivity index (χ1) is 5.16. The van der Waals surface area contributed by atoms with Crippen molar-refractivity contribution in [3.8, 4) is 0 Å². The predicted molar refractivity (Wildman–Crippen MR) is 42.0 cm³/mol. The van der Waals surface area contributed by atoms with Crippen LogP contribution >= 0.6 is 0 Å². The van der Waals surface area contributed by atoms with Gasteiger partial charge in [0.05, 0.1) is 0 Å². The van der Waals surface area contributed by atoms with Crippen LogP contribution in [-0.4, -0.2) is 36.1 Å². The first-order valence-corrected chi connectivity index (χ1v) is 4.02. The second-order valence-electron chi connectivity index (χ2n) is 3.31. The van der Waals surface area contributed by atoms with Crippen molar-refractivity contribution in [2.45, 2.75) is 13.3 Å². The predicted octanol–water partition coefficient (Wildman–Crippen LogP) is 0.0931. The highest BCUT2D eigenvalue weighted by Crippen LogP contribution is 2.23. The van der Waals surface area contributed by atoms with Crippen molar-refractivity contribution in [3.63, 3.8) is 0 Å². The Morgan fingerprint density at radius 1 is 1.82 bits per heavy atom. The summed E-state index contributed by atoms with van der Waals surface area (Å²) in [7, 11) is 1.81. The molecule has 0 saturated carbocycles. The maximum atomic E-state index is 11.3. The summed E-state index contributed by atoms with van der Waals surface area (Å²) in [5.74, 6) is 0.365. The molecule has 1 fully saturated rings. The Kier molecular flexibility index (Phi) is 2.49. The van der Waals surface area contributed by atoms with Crippen LogP contribution in [0.25, 0.3) is 0 Å². The molecule has 0 spiro atoms. The molecule has 1 amide bonds. The molecule has 1 N–H and O–H groups in total. The fourth-order valence-corrected chi connectivity index (χ4v) is 1.50. The molecule has 0 aromatic heterocycles. The molecule has 11 heavy (non-hydrogen) atoms. The second kappa shape index (κ2) is 3.22. The van der Waals surface area contributed by atoms with E-state index in [0.717, 1.165) is 13.0 Å². The number of amides is 1. The lowest BCUT2D eigenvalue weighted by molar-refractivity contribution is -0.131. The van der Waals surface area contributed by atoms with Crippen molar-refractivity contribution in [1.82, 2.24) is 4.90 Å². The molecule has 2 atom stereocenters. The number of hydrogen-bond acceptors (Lipinski definition) is 2. The topological polar surface area (TPSA) is 40.5 Å². The van der Waals surface area contributed by atoms with Gasteiger partial charge in [0, 0.05) is 26.1 Å². The molecule has 3 nitrogen and oxygen atoms in total. The first kappa shape index (κ1) is 8.53. The van der Waals surface area contributed by atoms with Crippen molar-refractivity contribution in [3.05, 3.63) is 0 Å². The smallest absolute Gasteiger partial charge is 0.225 e. The van der Waals surface area contributed by atoms with E-state index in [1.54, 1.807) is 4.90 Å². The monoisotopic (exact) mass is 157 g/mol. The molecule has 1 aliphatic rings. The van der Waals surface area contributed by atoms with Crippen molar-refractivity contribution in [2.24, 2.45) is 11.8 Å². The van der Waals surface area contributed by atoms with Gasteiger partial charge >= 0.3 is 0 Å². The number of carbonyl (C=O) groups is 1. The number of hydrogen-bond donors (Lipinski definition) is 1. The minimum absolute atomic E-state index is 0.0602. The van der Waals surface area contributed by atoms with Gasteiger partial charge in [-0.25, -0.2) is 0 Å². The number of aliphatic hydroxyl groups excluding tert-OH is 1. The summed E-state index contributed by atoms with van der Waals surface area (Å²) < 4.78 is 0. The fourth-order valence-electron chi connectivity index (χ4n) is 1.50. The van der Waals surface area contributed by atoms with Crippen LogP contribution in [0.5, 0.6) is 0 Å². The molecule has 3 heteroatoms. The SMILES string of the molecule is CC(CO)C1CCN(C)C1=O. The van der Waals surface area contributed by atoms with Gasteiger partial charge in [0.1, 0.15) is 0 Å². The number of likely N-dealkylation sites (tertiary alicyclic amines) is 1. The van der Waals surface area contributed by atoms with E-state index in [1.807, 2.05) is 14.0 Å². The quantitative estimate of drug-likeness (QED) is 0.617. The highest BCUT2D eigenvalue weighted by molar-refractivity contribution is 5.80. The molecule has 1 rings (SSSR count). The molecule has 0 bridgehead atoms. The fraction of sp³-hybridized carbons (Fsp3) is 0.875. The van der Waals surface area contributed by atoms with Gasteiger partial charge in [-0.15, -0.1) is 0 Å². The van der Waals surface area contributed by atoms with Crippen LogP contribution in [-0.2, 0) is 4.79 Å². The molecule has 0 aromatic carbocycles. The standard InChI is InChI=1S/C8H15NO2/c1-6(5-10)7-3-4-9(2)8(7)11/h6-7,10H,3-5H2,1-2H3. The minimum Gasteiger partial charge on any atom is -0.396 e. The molecule has 1 saturated heterocycles. The highest BCUT2D eigenvalue weighted by Gasteiger charge is 2.32. The van der Waals surface area contributed by atoms with Crippen LogP contribution < -0.4 is 0 Å². The van der Waals surface area contributed by atoms with Gasteiger partial charge in [-0.05, 0) is 12.3 Å². The number of carbonyl (C=O) groups excluding carboxylic acids is 1. The van der Waals surface area contributed by atoms with Crippen molar-refractivity contribution >= 4 is 5.91 Å². The van der Waals surface area contributed by atoms with E-state index in [9.17, 15) is 4.79 Å². The van der Waals surface area contributed by atoms with Crippen molar-refractivity contribution in [1.29, 1.82) is 0 Å². The van der Waals surface area contributed by atoms with Crippen LogP contribution in [0, 0.1) is 11.8 Å². The first-order valence-electron chi connectivity index (χ1n) is 4.02. The maximum absolute atomic E-state index is 11.3. The van der Waals surface area contributed by atoms with Crippen LogP contribution in [0.4, 0.5) is 0 Å². The zero-order valence-corrected chi connectivity index (χ0v) is 7.08. The highest BCUT2D eigenvalue weighted by atomic mass is 16.3. The molecule has 0 radical (unpaired) electrons. The lowest BCUT2D eigenvalue weighted by atomic mass is 9.94. The Balaban J connectivity index is 2.54. The zero-order valence-electron chi connectivity index (χ0n) is 7.08. The van der Waals surface area contributed by atoms with Gasteiger partial charge < -0.3 is 10.0 Å². The van der Waals surface area contributed by atoms with E-state index in [0.29, 0.717) is 0 Å². The van der Waals surface area contributed by atoms with Crippen LogP contribution in [0.1, 0.15) is 13.3 Å². The normalized spacial score (nSPS) is 27.7.